The zero-order valence-electron chi connectivity index (χ0n) is 13.5. The molecule has 0 saturated carbocycles. The fourth-order valence-electron chi connectivity index (χ4n) is 3.96. The van der Waals surface area contributed by atoms with Crippen molar-refractivity contribution in [3.05, 3.63) is 39.4 Å². The molecule has 0 unspecified atom stereocenters. The maximum absolute atomic E-state index is 11.1. The first-order valence-electron chi connectivity index (χ1n) is 8.12. The van der Waals surface area contributed by atoms with Crippen molar-refractivity contribution < 1.29 is 4.92 Å². The van der Waals surface area contributed by atoms with Gasteiger partial charge in [0.15, 0.2) is 0 Å². The number of nitro groups is 1. The van der Waals surface area contributed by atoms with E-state index in [2.05, 4.69) is 16.8 Å². The SMILES string of the molecule is Cc1ccc(CN2CCC3(CCN(C)C3)CC2)cc1[N+](=O)[O-]. The summed E-state index contributed by atoms with van der Waals surface area (Å²) < 4.78 is 0. The summed E-state index contributed by atoms with van der Waals surface area (Å²) in [6, 6.07) is 5.63. The fourth-order valence-corrected chi connectivity index (χ4v) is 3.96. The van der Waals surface area contributed by atoms with E-state index in [4.69, 9.17) is 0 Å². The topological polar surface area (TPSA) is 49.6 Å². The average molecular weight is 303 g/mol. The van der Waals surface area contributed by atoms with Gasteiger partial charge in [0, 0.05) is 24.7 Å². The van der Waals surface area contributed by atoms with Crippen LogP contribution in [0.2, 0.25) is 0 Å². The molecule has 1 spiro atoms. The van der Waals surface area contributed by atoms with Crippen molar-refractivity contribution in [2.75, 3.05) is 33.2 Å². The van der Waals surface area contributed by atoms with Gasteiger partial charge in [-0.1, -0.05) is 12.1 Å². The van der Waals surface area contributed by atoms with E-state index in [1.165, 1.54) is 32.4 Å². The Morgan fingerprint density at radius 3 is 2.50 bits per heavy atom. The Hall–Kier alpha value is -1.46. The highest BCUT2D eigenvalue weighted by atomic mass is 16.6. The lowest BCUT2D eigenvalue weighted by Crippen LogP contribution is -2.40. The number of hydrogen-bond donors (Lipinski definition) is 0. The van der Waals surface area contributed by atoms with Crippen LogP contribution < -0.4 is 0 Å². The molecule has 0 aromatic heterocycles. The van der Waals surface area contributed by atoms with E-state index in [0.717, 1.165) is 30.8 Å². The second kappa shape index (κ2) is 5.97. The maximum Gasteiger partial charge on any atom is 0.272 e. The van der Waals surface area contributed by atoms with Gasteiger partial charge in [0.2, 0.25) is 0 Å². The number of nitrogens with zero attached hydrogens (tertiary/aromatic N) is 3. The third-order valence-corrected chi connectivity index (χ3v) is 5.42. The first kappa shape index (κ1) is 15.4. The van der Waals surface area contributed by atoms with Crippen molar-refractivity contribution in [3.63, 3.8) is 0 Å². The first-order valence-corrected chi connectivity index (χ1v) is 8.12. The van der Waals surface area contributed by atoms with Crippen molar-refractivity contribution in [1.29, 1.82) is 0 Å². The van der Waals surface area contributed by atoms with E-state index in [-0.39, 0.29) is 10.6 Å². The number of hydrogen-bond acceptors (Lipinski definition) is 4. The average Bonchev–Trinajstić information content (AvgIpc) is 2.84. The number of aryl methyl sites for hydroxylation is 1. The summed E-state index contributed by atoms with van der Waals surface area (Å²) in [6.07, 6.45) is 3.84. The standard InChI is InChI=1S/C17H25N3O2/c1-14-3-4-15(11-16(14)20(21)22)12-19-9-6-17(7-10-19)5-8-18(2)13-17/h3-4,11H,5-10,12-13H2,1-2H3. The second-order valence-electron chi connectivity index (χ2n) is 7.14. The summed E-state index contributed by atoms with van der Waals surface area (Å²) in [5.41, 5.74) is 2.56. The van der Waals surface area contributed by atoms with Crippen LogP contribution in [0.25, 0.3) is 0 Å². The van der Waals surface area contributed by atoms with Crippen LogP contribution in [0.5, 0.6) is 0 Å². The van der Waals surface area contributed by atoms with Gasteiger partial charge in [0.05, 0.1) is 4.92 Å². The minimum atomic E-state index is -0.279. The molecule has 2 aliphatic rings. The van der Waals surface area contributed by atoms with Crippen LogP contribution in [-0.4, -0.2) is 47.9 Å². The highest BCUT2D eigenvalue weighted by molar-refractivity contribution is 5.42. The number of nitro benzene ring substituents is 1. The molecule has 5 nitrogen and oxygen atoms in total. The molecule has 0 atom stereocenters. The van der Waals surface area contributed by atoms with Gasteiger partial charge in [-0.3, -0.25) is 15.0 Å². The van der Waals surface area contributed by atoms with Crippen molar-refractivity contribution in [2.24, 2.45) is 5.41 Å². The molecule has 2 fully saturated rings. The number of rotatable bonds is 3. The summed E-state index contributed by atoms with van der Waals surface area (Å²) in [7, 11) is 2.21. The highest BCUT2D eigenvalue weighted by Crippen LogP contribution is 2.40. The largest absolute Gasteiger partial charge is 0.306 e. The Morgan fingerprint density at radius 1 is 1.23 bits per heavy atom. The molecule has 2 heterocycles. The van der Waals surface area contributed by atoms with Crippen molar-refractivity contribution in [3.8, 4) is 0 Å². The van der Waals surface area contributed by atoms with Crippen LogP contribution in [0.3, 0.4) is 0 Å². The van der Waals surface area contributed by atoms with E-state index < -0.39 is 0 Å². The molecule has 5 heteroatoms. The summed E-state index contributed by atoms with van der Waals surface area (Å²) in [6.45, 7) is 7.29. The molecule has 120 valence electrons. The quantitative estimate of drug-likeness (QED) is 0.636. The van der Waals surface area contributed by atoms with Crippen LogP contribution >= 0.6 is 0 Å². The molecule has 0 N–H and O–H groups in total. The fraction of sp³-hybridized carbons (Fsp3) is 0.647. The van der Waals surface area contributed by atoms with Crippen molar-refractivity contribution in [1.82, 2.24) is 9.80 Å². The van der Waals surface area contributed by atoms with Crippen LogP contribution in [0.1, 0.15) is 30.4 Å². The molecule has 1 aromatic rings. The van der Waals surface area contributed by atoms with E-state index in [0.29, 0.717) is 5.41 Å². The van der Waals surface area contributed by atoms with Gasteiger partial charge in [0.1, 0.15) is 0 Å². The normalized spacial score (nSPS) is 22.3. The Kier molecular flexibility index (Phi) is 4.19. The Balaban J connectivity index is 1.61. The predicted octanol–water partition coefficient (Wildman–Crippen LogP) is 2.82. The van der Waals surface area contributed by atoms with Gasteiger partial charge in [0.25, 0.3) is 5.69 Å². The lowest BCUT2D eigenvalue weighted by Gasteiger charge is -2.39. The lowest BCUT2D eigenvalue weighted by molar-refractivity contribution is -0.385. The number of likely N-dealkylation sites (tertiary alicyclic amines) is 2. The second-order valence-corrected chi connectivity index (χ2v) is 7.14. The minimum Gasteiger partial charge on any atom is -0.306 e. The molecular formula is C17H25N3O2. The predicted molar refractivity (Wildman–Crippen MR) is 86.9 cm³/mol. The highest BCUT2D eigenvalue weighted by Gasteiger charge is 2.39. The molecule has 0 aliphatic carbocycles. The van der Waals surface area contributed by atoms with Crippen LogP contribution in [-0.2, 0) is 6.54 Å². The van der Waals surface area contributed by atoms with Gasteiger partial charge in [-0.2, -0.15) is 0 Å². The molecule has 22 heavy (non-hydrogen) atoms. The third-order valence-electron chi connectivity index (χ3n) is 5.42. The zero-order chi connectivity index (χ0) is 15.7. The van der Waals surface area contributed by atoms with E-state index in [1.54, 1.807) is 13.0 Å². The number of piperidine rings is 1. The molecular weight excluding hydrogens is 278 g/mol. The summed E-state index contributed by atoms with van der Waals surface area (Å²) in [4.78, 5) is 15.7. The van der Waals surface area contributed by atoms with Crippen LogP contribution in [0, 0.1) is 22.5 Å². The molecule has 3 rings (SSSR count). The van der Waals surface area contributed by atoms with Gasteiger partial charge in [-0.25, -0.2) is 0 Å². The zero-order valence-corrected chi connectivity index (χ0v) is 13.5. The molecule has 0 bridgehead atoms. The molecule has 1 aromatic carbocycles. The van der Waals surface area contributed by atoms with E-state index in [9.17, 15) is 10.1 Å². The van der Waals surface area contributed by atoms with Crippen LogP contribution in [0.4, 0.5) is 5.69 Å². The maximum atomic E-state index is 11.1. The summed E-state index contributed by atoms with van der Waals surface area (Å²) in [5.74, 6) is 0. The van der Waals surface area contributed by atoms with Gasteiger partial charge in [-0.05, 0) is 63.8 Å². The van der Waals surface area contributed by atoms with Crippen molar-refractivity contribution in [2.45, 2.75) is 32.7 Å². The van der Waals surface area contributed by atoms with E-state index in [1.807, 2.05) is 12.1 Å². The third kappa shape index (κ3) is 3.15. The minimum absolute atomic E-state index is 0.239. The molecule has 2 saturated heterocycles. The monoisotopic (exact) mass is 303 g/mol. The summed E-state index contributed by atoms with van der Waals surface area (Å²) in [5, 5.41) is 11.1. The van der Waals surface area contributed by atoms with Gasteiger partial charge < -0.3 is 4.90 Å². The Morgan fingerprint density at radius 2 is 1.91 bits per heavy atom. The number of benzene rings is 1. The molecule has 2 aliphatic heterocycles. The smallest absolute Gasteiger partial charge is 0.272 e. The summed E-state index contributed by atoms with van der Waals surface area (Å²) >= 11 is 0. The van der Waals surface area contributed by atoms with Gasteiger partial charge >= 0.3 is 0 Å². The van der Waals surface area contributed by atoms with Crippen molar-refractivity contribution >= 4 is 5.69 Å². The van der Waals surface area contributed by atoms with E-state index >= 15 is 0 Å². The molecule has 0 radical (unpaired) electrons. The van der Waals surface area contributed by atoms with Crippen LogP contribution in [0.15, 0.2) is 18.2 Å². The lowest BCUT2D eigenvalue weighted by atomic mass is 9.77. The van der Waals surface area contributed by atoms with Gasteiger partial charge in [-0.15, -0.1) is 0 Å². The first-order chi connectivity index (χ1) is 10.5. The molecule has 0 amide bonds. The Bertz CT molecular complexity index is 565. The Labute approximate surface area is 132 Å².